The van der Waals surface area contributed by atoms with Crippen molar-refractivity contribution in [1.82, 2.24) is 0 Å². The summed E-state index contributed by atoms with van der Waals surface area (Å²) in [6.45, 7) is 8.74. The van der Waals surface area contributed by atoms with Crippen LogP contribution in [-0.4, -0.2) is 25.5 Å². The maximum atomic E-state index is 4.18. The molecule has 2 nitrogen and oxygen atoms in total. The molecule has 0 bridgehead atoms. The quantitative estimate of drug-likeness (QED) is 0.328. The molecular weight excluding hydrogens is 184 g/mol. The fourth-order valence-corrected chi connectivity index (χ4v) is 0.781. The van der Waals surface area contributed by atoms with Gasteiger partial charge in [0.1, 0.15) is 0 Å². The highest BCUT2D eigenvalue weighted by molar-refractivity contribution is 5.71. The topological polar surface area (TPSA) is 24.7 Å². The molecule has 0 spiro atoms. The molecule has 0 aliphatic carbocycles. The van der Waals surface area contributed by atoms with Crippen molar-refractivity contribution >= 4 is 12.4 Å². The van der Waals surface area contributed by atoms with Crippen molar-refractivity contribution in [3.8, 4) is 0 Å². The summed E-state index contributed by atoms with van der Waals surface area (Å²) in [6.07, 6.45) is 15.4. The van der Waals surface area contributed by atoms with E-state index in [1.54, 1.807) is 24.6 Å². The highest BCUT2D eigenvalue weighted by atomic mass is 14.7. The van der Waals surface area contributed by atoms with E-state index in [2.05, 4.69) is 23.1 Å². The second kappa shape index (κ2) is 12.3. The molecule has 0 amide bonds. The molecule has 0 heterocycles. The van der Waals surface area contributed by atoms with E-state index in [9.17, 15) is 0 Å². The van der Waals surface area contributed by atoms with Crippen LogP contribution in [0, 0.1) is 0 Å². The van der Waals surface area contributed by atoms with E-state index in [0.29, 0.717) is 0 Å². The van der Waals surface area contributed by atoms with Gasteiger partial charge in [0, 0.05) is 25.5 Å². The molecule has 0 aliphatic rings. The minimum Gasteiger partial charge on any atom is -0.293 e. The number of hydrogen-bond acceptors (Lipinski definition) is 2. The summed E-state index contributed by atoms with van der Waals surface area (Å²) in [5.41, 5.74) is 0. The Morgan fingerprint density at radius 3 is 1.60 bits per heavy atom. The van der Waals surface area contributed by atoms with Gasteiger partial charge in [0.25, 0.3) is 0 Å². The molecule has 2 heteroatoms. The molecule has 0 fully saturated rings. The second-order valence-corrected chi connectivity index (χ2v) is 2.71. The molecule has 0 rings (SSSR count). The van der Waals surface area contributed by atoms with Gasteiger partial charge in [-0.15, -0.1) is 0 Å². The van der Waals surface area contributed by atoms with Gasteiger partial charge in [-0.05, 0) is 18.6 Å². The molecule has 0 saturated heterocycles. The maximum Gasteiger partial charge on any atom is 0.0406 e. The minimum atomic E-state index is 0.810. The average molecular weight is 202 g/mol. The van der Waals surface area contributed by atoms with Gasteiger partial charge in [0.05, 0.1) is 0 Å². The van der Waals surface area contributed by atoms with Crippen molar-refractivity contribution in [2.24, 2.45) is 9.98 Å². The Morgan fingerprint density at radius 1 is 0.733 bits per heavy atom. The first-order valence-corrected chi connectivity index (χ1v) is 4.97. The second-order valence-electron chi connectivity index (χ2n) is 2.71. The van der Waals surface area contributed by atoms with Crippen LogP contribution in [0.25, 0.3) is 0 Å². The predicted molar refractivity (Wildman–Crippen MR) is 70.0 cm³/mol. The van der Waals surface area contributed by atoms with Crippen LogP contribution in [0.2, 0.25) is 0 Å². The van der Waals surface area contributed by atoms with Gasteiger partial charge in [-0.2, -0.15) is 0 Å². The molecule has 0 aromatic heterocycles. The van der Waals surface area contributed by atoms with Crippen molar-refractivity contribution in [3.05, 3.63) is 49.6 Å². The van der Waals surface area contributed by atoms with Crippen molar-refractivity contribution in [2.75, 3.05) is 13.1 Å². The fourth-order valence-electron chi connectivity index (χ4n) is 0.781. The zero-order valence-electron chi connectivity index (χ0n) is 9.05. The Bertz CT molecular complexity index is 242. The van der Waals surface area contributed by atoms with E-state index in [1.165, 1.54) is 0 Å². The van der Waals surface area contributed by atoms with Crippen LogP contribution in [-0.2, 0) is 0 Å². The van der Waals surface area contributed by atoms with Crippen LogP contribution < -0.4 is 0 Å². The van der Waals surface area contributed by atoms with E-state index < -0.39 is 0 Å². The van der Waals surface area contributed by atoms with Gasteiger partial charge in [0.2, 0.25) is 0 Å². The molecule has 0 N–H and O–H groups in total. The third-order valence-corrected chi connectivity index (χ3v) is 1.45. The molecular formula is C13H18N2. The van der Waals surface area contributed by atoms with E-state index in [-0.39, 0.29) is 0 Å². The van der Waals surface area contributed by atoms with Crippen LogP contribution >= 0.6 is 0 Å². The van der Waals surface area contributed by atoms with Gasteiger partial charge < -0.3 is 0 Å². The van der Waals surface area contributed by atoms with Crippen molar-refractivity contribution in [2.45, 2.75) is 6.42 Å². The standard InChI is InChI=1S/C13H18N2/c1-3-5-7-10-14-12-9-13-15-11-8-6-4-2/h3-8,10-11H,1-2,9,12-13H2/b7-5-,8-6-,14-10?,15-11?. The van der Waals surface area contributed by atoms with Crippen LogP contribution in [0.5, 0.6) is 0 Å². The largest absolute Gasteiger partial charge is 0.293 e. The molecule has 0 aromatic carbocycles. The molecule has 0 atom stereocenters. The van der Waals surface area contributed by atoms with Crippen LogP contribution in [0.3, 0.4) is 0 Å². The lowest BCUT2D eigenvalue weighted by atomic mass is 10.4. The molecule has 0 aromatic rings. The number of allylic oxidation sites excluding steroid dienone is 6. The van der Waals surface area contributed by atoms with Gasteiger partial charge in [0.15, 0.2) is 0 Å². The molecule has 0 saturated carbocycles. The summed E-state index contributed by atoms with van der Waals surface area (Å²) in [5, 5.41) is 0. The third kappa shape index (κ3) is 12.3. The lowest BCUT2D eigenvalue weighted by Crippen LogP contribution is -1.86. The van der Waals surface area contributed by atoms with E-state index in [1.807, 2.05) is 24.3 Å². The zero-order valence-corrected chi connectivity index (χ0v) is 9.05. The first kappa shape index (κ1) is 13.3. The Morgan fingerprint density at radius 2 is 1.20 bits per heavy atom. The monoisotopic (exact) mass is 202 g/mol. The lowest BCUT2D eigenvalue weighted by molar-refractivity contribution is 0.851. The molecule has 0 unspecified atom stereocenters. The van der Waals surface area contributed by atoms with Crippen molar-refractivity contribution in [1.29, 1.82) is 0 Å². The highest BCUT2D eigenvalue weighted by Gasteiger charge is 1.79. The van der Waals surface area contributed by atoms with Gasteiger partial charge >= 0.3 is 0 Å². The minimum absolute atomic E-state index is 0.810. The fraction of sp³-hybridized carbons (Fsp3) is 0.231. The number of nitrogens with zero attached hydrogens (tertiary/aromatic N) is 2. The van der Waals surface area contributed by atoms with E-state index in [0.717, 1.165) is 19.5 Å². The third-order valence-electron chi connectivity index (χ3n) is 1.45. The number of aliphatic imine (C=N–C) groups is 2. The normalized spacial score (nSPS) is 12.3. The summed E-state index contributed by atoms with van der Waals surface area (Å²) in [4.78, 5) is 8.35. The SMILES string of the molecule is C=C/C=C\C=NCCCN=C/C=C\C=C. The number of rotatable bonds is 8. The Labute approximate surface area is 92.2 Å². The average Bonchev–Trinajstić information content (AvgIpc) is 2.26. The van der Waals surface area contributed by atoms with E-state index in [4.69, 9.17) is 0 Å². The van der Waals surface area contributed by atoms with Crippen LogP contribution in [0.4, 0.5) is 0 Å². The molecule has 0 radical (unpaired) electrons. The molecule has 80 valence electrons. The lowest BCUT2D eigenvalue weighted by Gasteiger charge is -1.88. The maximum absolute atomic E-state index is 4.18. The zero-order chi connectivity index (χ0) is 11.2. The molecule has 15 heavy (non-hydrogen) atoms. The highest BCUT2D eigenvalue weighted by Crippen LogP contribution is 1.82. The summed E-state index contributed by atoms with van der Waals surface area (Å²) in [5.74, 6) is 0. The first-order chi connectivity index (χ1) is 7.41. The van der Waals surface area contributed by atoms with Gasteiger partial charge in [-0.3, -0.25) is 9.98 Å². The van der Waals surface area contributed by atoms with E-state index >= 15 is 0 Å². The number of hydrogen-bond donors (Lipinski definition) is 0. The Kier molecular flexibility index (Phi) is 10.9. The summed E-state index contributed by atoms with van der Waals surface area (Å²) in [7, 11) is 0. The van der Waals surface area contributed by atoms with Gasteiger partial charge in [-0.25, -0.2) is 0 Å². The van der Waals surface area contributed by atoms with Crippen LogP contribution in [0.1, 0.15) is 6.42 Å². The smallest absolute Gasteiger partial charge is 0.0406 e. The predicted octanol–water partition coefficient (Wildman–Crippen LogP) is 3.00. The van der Waals surface area contributed by atoms with Crippen molar-refractivity contribution in [3.63, 3.8) is 0 Å². The summed E-state index contributed by atoms with van der Waals surface area (Å²) in [6, 6.07) is 0. The summed E-state index contributed by atoms with van der Waals surface area (Å²) >= 11 is 0. The van der Waals surface area contributed by atoms with Crippen molar-refractivity contribution < 1.29 is 0 Å². The Hall–Kier alpha value is -1.70. The summed E-state index contributed by atoms with van der Waals surface area (Å²) < 4.78 is 0. The van der Waals surface area contributed by atoms with Gasteiger partial charge in [-0.1, -0.05) is 37.5 Å². The molecule has 0 aliphatic heterocycles. The van der Waals surface area contributed by atoms with Crippen LogP contribution in [0.15, 0.2) is 59.6 Å². The first-order valence-electron chi connectivity index (χ1n) is 4.97. The Balaban J connectivity index is 3.38.